The Morgan fingerprint density at radius 2 is 1.80 bits per heavy atom. The second kappa shape index (κ2) is 3.49. The Bertz CT molecular complexity index is 364. The monoisotopic (exact) mass is 203 g/mol. The van der Waals surface area contributed by atoms with Crippen molar-refractivity contribution in [1.82, 2.24) is 10.3 Å². The molecule has 3 N–H and O–H groups in total. The number of aromatic nitrogens is 1. The number of fused-ring (bicyclic) bond motifs is 2. The summed E-state index contributed by atoms with van der Waals surface area (Å²) in [6, 6.07) is 0. The highest BCUT2D eigenvalue weighted by Gasteiger charge is 2.21. The van der Waals surface area contributed by atoms with E-state index in [2.05, 4.69) is 5.32 Å². The van der Waals surface area contributed by atoms with Crippen LogP contribution in [0.2, 0.25) is 0 Å². The van der Waals surface area contributed by atoms with Gasteiger partial charge in [-0.15, -0.1) is 0 Å². The van der Waals surface area contributed by atoms with Gasteiger partial charge in [0.2, 0.25) is 0 Å². The van der Waals surface area contributed by atoms with Gasteiger partial charge in [-0.05, 0) is 31.2 Å². The first kappa shape index (κ1) is 9.16. The van der Waals surface area contributed by atoms with Gasteiger partial charge in [0.25, 0.3) is 0 Å². The minimum atomic E-state index is 0.904. The zero-order valence-electron chi connectivity index (χ0n) is 8.97. The largest absolute Gasteiger partial charge is 0.398 e. The lowest BCUT2D eigenvalue weighted by Crippen LogP contribution is -2.27. The van der Waals surface area contributed by atoms with Crippen molar-refractivity contribution in [2.45, 2.75) is 38.6 Å². The van der Waals surface area contributed by atoms with E-state index < -0.39 is 0 Å². The van der Waals surface area contributed by atoms with E-state index in [0.717, 1.165) is 38.0 Å². The average molecular weight is 203 g/mol. The van der Waals surface area contributed by atoms with Crippen LogP contribution < -0.4 is 11.1 Å². The molecule has 15 heavy (non-hydrogen) atoms. The summed E-state index contributed by atoms with van der Waals surface area (Å²) in [5.41, 5.74) is 12.4. The highest BCUT2D eigenvalue weighted by molar-refractivity contribution is 5.58. The lowest BCUT2D eigenvalue weighted by atomic mass is 9.91. The molecule has 3 rings (SSSR count). The van der Waals surface area contributed by atoms with Crippen molar-refractivity contribution in [1.29, 1.82) is 0 Å². The number of hydrogen-bond acceptors (Lipinski definition) is 3. The molecule has 0 unspecified atom stereocenters. The van der Waals surface area contributed by atoms with Crippen molar-refractivity contribution in [2.24, 2.45) is 0 Å². The molecule has 0 saturated heterocycles. The SMILES string of the molecule is Nc1c2c(nc3c1CNCC3)CCCC2. The lowest BCUT2D eigenvalue weighted by Gasteiger charge is -2.24. The predicted molar refractivity (Wildman–Crippen MR) is 60.7 cm³/mol. The first-order valence-electron chi connectivity index (χ1n) is 5.86. The van der Waals surface area contributed by atoms with Gasteiger partial charge in [0, 0.05) is 42.1 Å². The van der Waals surface area contributed by atoms with Crippen LogP contribution in [0.1, 0.15) is 35.4 Å². The first-order valence-corrected chi connectivity index (χ1v) is 5.86. The van der Waals surface area contributed by atoms with Gasteiger partial charge in [-0.2, -0.15) is 0 Å². The molecule has 1 aromatic rings. The molecular formula is C12H17N3. The lowest BCUT2D eigenvalue weighted by molar-refractivity contribution is 0.610. The van der Waals surface area contributed by atoms with Gasteiger partial charge in [0.1, 0.15) is 0 Å². The van der Waals surface area contributed by atoms with Crippen LogP contribution in [0.15, 0.2) is 0 Å². The van der Waals surface area contributed by atoms with Crippen molar-refractivity contribution in [3.63, 3.8) is 0 Å². The highest BCUT2D eigenvalue weighted by Crippen LogP contribution is 2.30. The smallest absolute Gasteiger partial charge is 0.0485 e. The van der Waals surface area contributed by atoms with Gasteiger partial charge in [0.05, 0.1) is 0 Å². The second-order valence-corrected chi connectivity index (χ2v) is 4.51. The van der Waals surface area contributed by atoms with Crippen LogP contribution in [0.5, 0.6) is 0 Å². The molecule has 0 atom stereocenters. The Kier molecular flexibility index (Phi) is 2.13. The molecule has 0 aromatic carbocycles. The number of nitrogen functional groups attached to an aromatic ring is 1. The van der Waals surface area contributed by atoms with Crippen molar-refractivity contribution < 1.29 is 0 Å². The molecule has 0 bridgehead atoms. The Morgan fingerprint density at radius 3 is 2.73 bits per heavy atom. The first-order chi connectivity index (χ1) is 7.36. The number of anilines is 1. The summed E-state index contributed by atoms with van der Waals surface area (Å²) in [6.07, 6.45) is 5.83. The van der Waals surface area contributed by atoms with E-state index in [9.17, 15) is 0 Å². The van der Waals surface area contributed by atoms with Crippen LogP contribution in [-0.4, -0.2) is 11.5 Å². The van der Waals surface area contributed by atoms with E-state index in [0.29, 0.717) is 0 Å². The highest BCUT2D eigenvalue weighted by atomic mass is 14.9. The summed E-state index contributed by atoms with van der Waals surface area (Å²) >= 11 is 0. The molecule has 0 amide bonds. The molecule has 2 heterocycles. The van der Waals surface area contributed by atoms with E-state index in [-0.39, 0.29) is 0 Å². The Morgan fingerprint density at radius 1 is 1.00 bits per heavy atom. The Balaban J connectivity index is 2.16. The van der Waals surface area contributed by atoms with Crippen molar-refractivity contribution in [3.05, 3.63) is 22.5 Å². The quantitative estimate of drug-likeness (QED) is 0.666. The Hall–Kier alpha value is -1.09. The normalized spacial score (nSPS) is 19.5. The molecule has 0 spiro atoms. The van der Waals surface area contributed by atoms with Gasteiger partial charge >= 0.3 is 0 Å². The molecule has 3 heteroatoms. The number of nitrogens with two attached hydrogens (primary N) is 1. The number of hydrogen-bond donors (Lipinski definition) is 2. The fourth-order valence-electron chi connectivity index (χ4n) is 2.70. The maximum absolute atomic E-state index is 6.24. The fraction of sp³-hybridized carbons (Fsp3) is 0.583. The molecule has 0 radical (unpaired) electrons. The van der Waals surface area contributed by atoms with Gasteiger partial charge in [-0.1, -0.05) is 0 Å². The molecule has 80 valence electrons. The molecular weight excluding hydrogens is 186 g/mol. The summed E-state index contributed by atoms with van der Waals surface area (Å²) in [5.74, 6) is 0. The third-order valence-electron chi connectivity index (χ3n) is 3.55. The van der Waals surface area contributed by atoms with E-state index in [1.165, 1.54) is 35.4 Å². The number of rotatable bonds is 0. The number of aryl methyl sites for hydroxylation is 1. The van der Waals surface area contributed by atoms with E-state index in [1.807, 2.05) is 0 Å². The van der Waals surface area contributed by atoms with Crippen LogP contribution >= 0.6 is 0 Å². The number of pyridine rings is 1. The van der Waals surface area contributed by atoms with Gasteiger partial charge in [-0.25, -0.2) is 0 Å². The number of nitrogens with zero attached hydrogens (tertiary/aromatic N) is 1. The van der Waals surface area contributed by atoms with Crippen LogP contribution in [0.4, 0.5) is 5.69 Å². The maximum Gasteiger partial charge on any atom is 0.0485 e. The van der Waals surface area contributed by atoms with E-state index in [1.54, 1.807) is 0 Å². The van der Waals surface area contributed by atoms with Gasteiger partial charge < -0.3 is 11.1 Å². The molecule has 3 nitrogen and oxygen atoms in total. The molecule has 0 saturated carbocycles. The zero-order chi connectivity index (χ0) is 10.3. The average Bonchev–Trinajstić information content (AvgIpc) is 2.30. The number of nitrogens with one attached hydrogen (secondary N) is 1. The standard InChI is InChI=1S/C12H17N3/c13-12-8-3-1-2-4-10(8)15-11-5-6-14-7-9(11)12/h14H,1-7H2,(H2,13,15). The summed E-state index contributed by atoms with van der Waals surface area (Å²) in [4.78, 5) is 4.79. The summed E-state index contributed by atoms with van der Waals surface area (Å²) in [7, 11) is 0. The van der Waals surface area contributed by atoms with Crippen molar-refractivity contribution in [3.8, 4) is 0 Å². The second-order valence-electron chi connectivity index (χ2n) is 4.51. The molecule has 0 fully saturated rings. The molecule has 1 aliphatic heterocycles. The third kappa shape index (κ3) is 1.42. The zero-order valence-corrected chi connectivity index (χ0v) is 8.97. The van der Waals surface area contributed by atoms with Crippen LogP contribution in [0, 0.1) is 0 Å². The van der Waals surface area contributed by atoms with Crippen LogP contribution in [0.3, 0.4) is 0 Å². The molecule has 1 aromatic heterocycles. The minimum Gasteiger partial charge on any atom is -0.398 e. The van der Waals surface area contributed by atoms with Crippen molar-refractivity contribution in [2.75, 3.05) is 12.3 Å². The topological polar surface area (TPSA) is 50.9 Å². The Labute approximate surface area is 90.1 Å². The van der Waals surface area contributed by atoms with Crippen LogP contribution in [-0.2, 0) is 25.8 Å². The molecule has 1 aliphatic carbocycles. The maximum atomic E-state index is 6.24. The molecule has 2 aliphatic rings. The third-order valence-corrected chi connectivity index (χ3v) is 3.55. The van der Waals surface area contributed by atoms with E-state index >= 15 is 0 Å². The van der Waals surface area contributed by atoms with Crippen LogP contribution in [0.25, 0.3) is 0 Å². The fourth-order valence-corrected chi connectivity index (χ4v) is 2.70. The van der Waals surface area contributed by atoms with E-state index in [4.69, 9.17) is 10.7 Å². The van der Waals surface area contributed by atoms with Gasteiger partial charge in [0.15, 0.2) is 0 Å². The summed E-state index contributed by atoms with van der Waals surface area (Å²) in [6.45, 7) is 1.94. The minimum absolute atomic E-state index is 0.904. The van der Waals surface area contributed by atoms with Crippen molar-refractivity contribution >= 4 is 5.69 Å². The summed E-state index contributed by atoms with van der Waals surface area (Å²) < 4.78 is 0. The summed E-state index contributed by atoms with van der Waals surface area (Å²) in [5, 5.41) is 3.37. The predicted octanol–water partition coefficient (Wildman–Crippen LogP) is 1.19. The van der Waals surface area contributed by atoms with Gasteiger partial charge in [-0.3, -0.25) is 4.98 Å².